The van der Waals surface area contributed by atoms with Crippen LogP contribution in [0.1, 0.15) is 16.1 Å². The molecule has 0 bridgehead atoms. The van der Waals surface area contributed by atoms with Crippen LogP contribution in [-0.2, 0) is 6.54 Å². The molecule has 0 saturated carbocycles. The van der Waals surface area contributed by atoms with Gasteiger partial charge in [0.25, 0.3) is 5.91 Å². The maximum absolute atomic E-state index is 12.1. The number of nitrogens with zero attached hydrogens (tertiary/aromatic N) is 4. The van der Waals surface area contributed by atoms with Gasteiger partial charge in [0.15, 0.2) is 11.5 Å². The van der Waals surface area contributed by atoms with Crippen LogP contribution in [-0.4, -0.2) is 25.7 Å². The number of nitrogens with two attached hydrogens (primary N) is 2. The lowest BCUT2D eigenvalue weighted by atomic mass is 10.2. The number of nitrogens with one attached hydrogen (secondary N) is 1. The summed E-state index contributed by atoms with van der Waals surface area (Å²) in [7, 11) is 0. The van der Waals surface area contributed by atoms with E-state index in [0.29, 0.717) is 22.9 Å². The highest BCUT2D eigenvalue weighted by Gasteiger charge is 2.13. The van der Waals surface area contributed by atoms with E-state index in [1.54, 1.807) is 16.9 Å². The van der Waals surface area contributed by atoms with Crippen LogP contribution in [0.3, 0.4) is 0 Å². The average molecular weight is 344 g/mol. The van der Waals surface area contributed by atoms with Crippen molar-refractivity contribution < 1.29 is 4.79 Å². The molecular formula is C15H14ClN7O. The molecule has 1 amide bonds. The standard InChI is InChI=1S/C15H14ClN7O/c16-12-9(2-1-3-11(12)17)7-23-8-10(6-21-23)22-15(24)13-14(18)20-5-4-19-13/h1-6,8H,7,17H2,(H2,18,20)(H,22,24). The van der Waals surface area contributed by atoms with Crippen LogP contribution in [0.4, 0.5) is 17.2 Å². The van der Waals surface area contributed by atoms with Crippen molar-refractivity contribution in [3.8, 4) is 0 Å². The molecule has 3 rings (SSSR count). The number of amides is 1. The number of rotatable bonds is 4. The quantitative estimate of drug-likeness (QED) is 0.620. The lowest BCUT2D eigenvalue weighted by molar-refractivity contribution is 0.102. The minimum absolute atomic E-state index is 0.0594. The van der Waals surface area contributed by atoms with Crippen LogP contribution in [0.25, 0.3) is 0 Å². The van der Waals surface area contributed by atoms with Gasteiger partial charge >= 0.3 is 0 Å². The number of anilines is 3. The Labute approximate surface area is 142 Å². The lowest BCUT2D eigenvalue weighted by Crippen LogP contribution is -2.16. The molecule has 8 nitrogen and oxygen atoms in total. The maximum atomic E-state index is 12.1. The zero-order valence-corrected chi connectivity index (χ0v) is 13.2. The summed E-state index contributed by atoms with van der Waals surface area (Å²) in [4.78, 5) is 19.9. The fourth-order valence-electron chi connectivity index (χ4n) is 2.12. The summed E-state index contributed by atoms with van der Waals surface area (Å²) in [6.45, 7) is 0.424. The molecule has 0 radical (unpaired) electrons. The molecule has 0 aliphatic carbocycles. The first-order chi connectivity index (χ1) is 11.5. The van der Waals surface area contributed by atoms with Crippen molar-refractivity contribution in [3.05, 3.63) is 59.3 Å². The molecule has 3 aromatic rings. The molecule has 0 unspecified atom stereocenters. The third-order valence-electron chi connectivity index (χ3n) is 3.27. The van der Waals surface area contributed by atoms with Gasteiger partial charge in [-0.3, -0.25) is 9.48 Å². The van der Waals surface area contributed by atoms with Crippen molar-refractivity contribution in [2.75, 3.05) is 16.8 Å². The summed E-state index contributed by atoms with van der Waals surface area (Å²) in [5.41, 5.74) is 13.3. The highest BCUT2D eigenvalue weighted by Crippen LogP contribution is 2.24. The van der Waals surface area contributed by atoms with Gasteiger partial charge < -0.3 is 16.8 Å². The van der Waals surface area contributed by atoms with E-state index in [1.165, 1.54) is 18.6 Å². The Morgan fingerprint density at radius 3 is 2.83 bits per heavy atom. The Balaban J connectivity index is 1.73. The Morgan fingerprint density at radius 2 is 2.04 bits per heavy atom. The molecular weight excluding hydrogens is 330 g/mol. The van der Waals surface area contributed by atoms with Gasteiger partial charge in [0, 0.05) is 18.6 Å². The number of hydrogen-bond donors (Lipinski definition) is 3. The predicted octanol–water partition coefficient (Wildman–Crippen LogP) is 1.79. The second-order valence-electron chi connectivity index (χ2n) is 4.99. The van der Waals surface area contributed by atoms with Crippen molar-refractivity contribution in [2.45, 2.75) is 6.54 Å². The third kappa shape index (κ3) is 3.28. The molecule has 24 heavy (non-hydrogen) atoms. The zero-order chi connectivity index (χ0) is 17.1. The van der Waals surface area contributed by atoms with Gasteiger partial charge in [-0.05, 0) is 11.6 Å². The Bertz CT molecular complexity index is 893. The summed E-state index contributed by atoms with van der Waals surface area (Å²) in [5, 5.41) is 7.35. The summed E-state index contributed by atoms with van der Waals surface area (Å²) in [5.74, 6) is -0.393. The first-order valence-corrected chi connectivity index (χ1v) is 7.35. The van der Waals surface area contributed by atoms with Gasteiger partial charge in [-0.2, -0.15) is 5.10 Å². The van der Waals surface area contributed by atoms with E-state index in [4.69, 9.17) is 23.1 Å². The number of halogens is 1. The molecule has 0 spiro atoms. The van der Waals surface area contributed by atoms with E-state index in [0.717, 1.165) is 5.56 Å². The van der Waals surface area contributed by atoms with E-state index in [-0.39, 0.29) is 11.5 Å². The first-order valence-electron chi connectivity index (χ1n) is 6.97. The van der Waals surface area contributed by atoms with Crippen molar-refractivity contribution in [2.24, 2.45) is 0 Å². The molecule has 5 N–H and O–H groups in total. The normalized spacial score (nSPS) is 10.5. The topological polar surface area (TPSA) is 125 Å². The van der Waals surface area contributed by atoms with Crippen LogP contribution < -0.4 is 16.8 Å². The fourth-order valence-corrected chi connectivity index (χ4v) is 2.31. The van der Waals surface area contributed by atoms with Crippen LogP contribution in [0, 0.1) is 0 Å². The van der Waals surface area contributed by atoms with Gasteiger partial charge in [-0.25, -0.2) is 9.97 Å². The van der Waals surface area contributed by atoms with Gasteiger partial charge in [0.1, 0.15) is 0 Å². The monoisotopic (exact) mass is 343 g/mol. The Kier molecular flexibility index (Phi) is 4.30. The Hall–Kier alpha value is -3.13. The SMILES string of the molecule is Nc1cccc(Cn2cc(NC(=O)c3nccnc3N)cn2)c1Cl. The predicted molar refractivity (Wildman–Crippen MR) is 91.6 cm³/mol. The minimum Gasteiger partial charge on any atom is -0.398 e. The van der Waals surface area contributed by atoms with Crippen molar-refractivity contribution in [1.29, 1.82) is 0 Å². The molecule has 0 fully saturated rings. The summed E-state index contributed by atoms with van der Waals surface area (Å²) in [6.07, 6.45) is 6.00. The van der Waals surface area contributed by atoms with Crippen molar-refractivity contribution >= 4 is 34.7 Å². The molecule has 0 atom stereocenters. The number of aromatic nitrogens is 4. The van der Waals surface area contributed by atoms with Crippen LogP contribution in [0.2, 0.25) is 5.02 Å². The van der Waals surface area contributed by atoms with E-state index in [1.807, 2.05) is 12.1 Å². The molecule has 0 saturated heterocycles. The fraction of sp³-hybridized carbons (Fsp3) is 0.0667. The zero-order valence-electron chi connectivity index (χ0n) is 12.5. The molecule has 0 aliphatic rings. The number of hydrogen-bond acceptors (Lipinski definition) is 6. The number of benzene rings is 1. The summed E-state index contributed by atoms with van der Waals surface area (Å²) < 4.78 is 1.64. The molecule has 1 aromatic carbocycles. The third-order valence-corrected chi connectivity index (χ3v) is 3.73. The summed E-state index contributed by atoms with van der Waals surface area (Å²) in [6, 6.07) is 5.41. The summed E-state index contributed by atoms with van der Waals surface area (Å²) >= 11 is 6.17. The number of carbonyl (C=O) groups is 1. The van der Waals surface area contributed by atoms with Gasteiger partial charge in [0.05, 0.1) is 29.1 Å². The van der Waals surface area contributed by atoms with E-state index >= 15 is 0 Å². The molecule has 2 heterocycles. The van der Waals surface area contributed by atoms with E-state index in [9.17, 15) is 4.79 Å². The molecule has 0 aliphatic heterocycles. The van der Waals surface area contributed by atoms with Crippen LogP contribution in [0.5, 0.6) is 0 Å². The second-order valence-corrected chi connectivity index (χ2v) is 5.37. The van der Waals surface area contributed by atoms with Crippen molar-refractivity contribution in [3.63, 3.8) is 0 Å². The van der Waals surface area contributed by atoms with Crippen LogP contribution in [0.15, 0.2) is 43.0 Å². The minimum atomic E-state index is -0.456. The Morgan fingerprint density at radius 1 is 1.25 bits per heavy atom. The van der Waals surface area contributed by atoms with Crippen molar-refractivity contribution in [1.82, 2.24) is 19.7 Å². The lowest BCUT2D eigenvalue weighted by Gasteiger charge is -2.06. The van der Waals surface area contributed by atoms with Gasteiger partial charge in [-0.15, -0.1) is 0 Å². The largest absolute Gasteiger partial charge is 0.398 e. The van der Waals surface area contributed by atoms with E-state index < -0.39 is 5.91 Å². The molecule has 2 aromatic heterocycles. The average Bonchev–Trinajstić information content (AvgIpc) is 2.99. The van der Waals surface area contributed by atoms with Gasteiger partial charge in [0.2, 0.25) is 0 Å². The van der Waals surface area contributed by atoms with Crippen LogP contribution >= 0.6 is 11.6 Å². The molecule has 122 valence electrons. The second kappa shape index (κ2) is 6.55. The number of nitrogen functional groups attached to an aromatic ring is 2. The number of carbonyl (C=O) groups excluding carboxylic acids is 1. The maximum Gasteiger partial charge on any atom is 0.278 e. The first kappa shape index (κ1) is 15.8. The highest BCUT2D eigenvalue weighted by molar-refractivity contribution is 6.33. The van der Waals surface area contributed by atoms with Gasteiger partial charge in [-0.1, -0.05) is 23.7 Å². The van der Waals surface area contributed by atoms with E-state index in [2.05, 4.69) is 20.4 Å². The smallest absolute Gasteiger partial charge is 0.278 e. The molecule has 9 heteroatoms. The highest BCUT2D eigenvalue weighted by atomic mass is 35.5.